The molecule has 0 radical (unpaired) electrons. The van der Waals surface area contributed by atoms with Gasteiger partial charge in [-0.15, -0.1) is 11.3 Å². The smallest absolute Gasteiger partial charge is 0.400 e. The van der Waals surface area contributed by atoms with Gasteiger partial charge in [-0.1, -0.05) is 30.3 Å². The highest BCUT2D eigenvalue weighted by Gasteiger charge is 2.25. The maximum Gasteiger partial charge on any atom is 0.433 e. The van der Waals surface area contributed by atoms with Gasteiger partial charge in [-0.2, -0.15) is 0 Å². The number of hydrogen-bond acceptors (Lipinski definition) is 6. The maximum absolute atomic E-state index is 13.0. The van der Waals surface area contributed by atoms with Gasteiger partial charge in [-0.3, -0.25) is 14.9 Å². The van der Waals surface area contributed by atoms with Crippen LogP contribution in [0.2, 0.25) is 0 Å². The van der Waals surface area contributed by atoms with Gasteiger partial charge in [0.1, 0.15) is 9.92 Å². The highest BCUT2D eigenvalue weighted by atomic mass is 32.1. The number of thiophene rings is 1. The molecule has 2 aromatic heterocycles. The second-order valence-corrected chi connectivity index (χ2v) is 7.83. The molecule has 4 rings (SSSR count). The first-order valence-corrected chi connectivity index (χ1v) is 10.2. The SMILES string of the molecule is O=C(NCc1ccccc1)c1c(N=Cc2ccc([N+](=O)[O-])o2)sc2c1CCCC2. The van der Waals surface area contributed by atoms with Crippen LogP contribution >= 0.6 is 11.3 Å². The number of nitrogens with zero attached hydrogens (tertiary/aromatic N) is 2. The lowest BCUT2D eigenvalue weighted by Gasteiger charge is -2.12. The number of nitrogens with one attached hydrogen (secondary N) is 1. The Hall–Kier alpha value is -3.26. The second kappa shape index (κ2) is 8.40. The fourth-order valence-electron chi connectivity index (χ4n) is 3.38. The number of carbonyl (C=O) groups is 1. The number of benzene rings is 1. The second-order valence-electron chi connectivity index (χ2n) is 6.75. The summed E-state index contributed by atoms with van der Waals surface area (Å²) >= 11 is 1.51. The lowest BCUT2D eigenvalue weighted by Crippen LogP contribution is -2.24. The zero-order chi connectivity index (χ0) is 20.2. The maximum atomic E-state index is 13.0. The third-order valence-corrected chi connectivity index (χ3v) is 5.98. The predicted molar refractivity (Wildman–Crippen MR) is 111 cm³/mol. The van der Waals surface area contributed by atoms with E-state index in [9.17, 15) is 14.9 Å². The van der Waals surface area contributed by atoms with Crippen molar-refractivity contribution in [3.63, 3.8) is 0 Å². The normalized spacial score (nSPS) is 13.4. The number of fused-ring (bicyclic) bond motifs is 1. The molecule has 1 aliphatic rings. The minimum atomic E-state index is -0.594. The number of rotatable bonds is 6. The topological polar surface area (TPSA) is 97.7 Å². The predicted octanol–water partition coefficient (Wildman–Crippen LogP) is 4.81. The Morgan fingerprint density at radius 3 is 2.76 bits per heavy atom. The average Bonchev–Trinajstić information content (AvgIpc) is 3.36. The quantitative estimate of drug-likeness (QED) is 0.359. The van der Waals surface area contributed by atoms with E-state index in [0.717, 1.165) is 36.8 Å². The third kappa shape index (κ3) is 4.27. The van der Waals surface area contributed by atoms with E-state index in [1.54, 1.807) is 0 Å². The zero-order valence-corrected chi connectivity index (χ0v) is 16.4. The van der Waals surface area contributed by atoms with Crippen LogP contribution in [0.4, 0.5) is 10.9 Å². The van der Waals surface area contributed by atoms with E-state index in [0.29, 0.717) is 17.1 Å². The summed E-state index contributed by atoms with van der Waals surface area (Å²) in [5.74, 6) is -0.206. The van der Waals surface area contributed by atoms with E-state index in [-0.39, 0.29) is 17.6 Å². The van der Waals surface area contributed by atoms with Gasteiger partial charge in [0, 0.05) is 11.4 Å². The van der Waals surface area contributed by atoms with Crippen LogP contribution in [-0.4, -0.2) is 17.0 Å². The summed E-state index contributed by atoms with van der Waals surface area (Å²) in [6.07, 6.45) is 5.39. The highest BCUT2D eigenvalue weighted by molar-refractivity contribution is 7.16. The van der Waals surface area contributed by atoms with Gasteiger partial charge in [0.2, 0.25) is 0 Å². The molecule has 2 heterocycles. The largest absolute Gasteiger partial charge is 0.433 e. The molecular formula is C21H19N3O4S. The van der Waals surface area contributed by atoms with Gasteiger partial charge in [0.15, 0.2) is 5.76 Å². The van der Waals surface area contributed by atoms with Crippen molar-refractivity contribution in [3.8, 4) is 0 Å². The molecule has 0 spiro atoms. The number of hydrogen-bond donors (Lipinski definition) is 1. The van der Waals surface area contributed by atoms with Crippen LogP contribution in [-0.2, 0) is 19.4 Å². The molecule has 148 valence electrons. The van der Waals surface area contributed by atoms with Crippen molar-refractivity contribution < 1.29 is 14.1 Å². The fraction of sp³-hybridized carbons (Fsp3) is 0.238. The van der Waals surface area contributed by atoms with E-state index < -0.39 is 4.92 Å². The summed E-state index contributed by atoms with van der Waals surface area (Å²) in [7, 11) is 0. The Bertz CT molecular complexity index is 1070. The van der Waals surface area contributed by atoms with Crippen molar-refractivity contribution in [2.45, 2.75) is 32.2 Å². The van der Waals surface area contributed by atoms with Crippen LogP contribution in [0.3, 0.4) is 0 Å². The van der Waals surface area contributed by atoms with Gasteiger partial charge in [0.05, 0.1) is 17.8 Å². The first kappa shape index (κ1) is 19.1. The highest BCUT2D eigenvalue weighted by Crippen LogP contribution is 2.40. The molecule has 1 N–H and O–H groups in total. The van der Waals surface area contributed by atoms with Crippen molar-refractivity contribution in [1.29, 1.82) is 0 Å². The Morgan fingerprint density at radius 1 is 1.21 bits per heavy atom. The standard InChI is InChI=1S/C21H19N3O4S/c25-20(22-12-14-6-2-1-3-7-14)19-16-8-4-5-9-17(16)29-21(19)23-13-15-10-11-18(28-15)24(26)27/h1-3,6-7,10-11,13H,4-5,8-9,12H2,(H,22,25). The molecule has 0 bridgehead atoms. The van der Waals surface area contributed by atoms with Crippen LogP contribution in [0.5, 0.6) is 0 Å². The molecule has 1 aliphatic carbocycles. The molecule has 29 heavy (non-hydrogen) atoms. The van der Waals surface area contributed by atoms with Crippen LogP contribution in [0.1, 0.15) is 45.0 Å². The molecule has 7 nitrogen and oxygen atoms in total. The van der Waals surface area contributed by atoms with Crippen molar-refractivity contribution in [1.82, 2.24) is 5.32 Å². The Morgan fingerprint density at radius 2 is 2.00 bits per heavy atom. The summed E-state index contributed by atoms with van der Waals surface area (Å²) in [4.78, 5) is 28.8. The summed E-state index contributed by atoms with van der Waals surface area (Å²) in [6, 6.07) is 12.5. The zero-order valence-electron chi connectivity index (χ0n) is 15.6. The lowest BCUT2D eigenvalue weighted by atomic mass is 9.95. The fourth-order valence-corrected chi connectivity index (χ4v) is 4.61. The Balaban J connectivity index is 1.59. The summed E-state index contributed by atoms with van der Waals surface area (Å²) < 4.78 is 5.13. The van der Waals surface area contributed by atoms with Gasteiger partial charge in [-0.05, 0) is 42.9 Å². The molecule has 0 unspecified atom stereocenters. The average molecular weight is 409 g/mol. The van der Waals surface area contributed by atoms with Crippen LogP contribution in [0.25, 0.3) is 0 Å². The summed E-state index contributed by atoms with van der Waals surface area (Å²) in [6.45, 7) is 0.442. The minimum Gasteiger partial charge on any atom is -0.400 e. The van der Waals surface area contributed by atoms with Crippen molar-refractivity contribution in [2.24, 2.45) is 4.99 Å². The number of carbonyl (C=O) groups excluding carboxylic acids is 1. The number of aryl methyl sites for hydroxylation is 1. The molecule has 8 heteroatoms. The van der Waals surface area contributed by atoms with Crippen molar-refractivity contribution in [3.05, 3.63) is 79.9 Å². The van der Waals surface area contributed by atoms with E-state index in [2.05, 4.69) is 10.3 Å². The number of aliphatic imine (C=N–C) groups is 1. The molecule has 0 saturated carbocycles. The van der Waals surface area contributed by atoms with Crippen LogP contribution in [0.15, 0.2) is 51.9 Å². The third-order valence-electron chi connectivity index (χ3n) is 4.78. The summed E-state index contributed by atoms with van der Waals surface area (Å²) in [5.41, 5.74) is 2.71. The molecule has 1 aromatic carbocycles. The first-order valence-electron chi connectivity index (χ1n) is 9.37. The van der Waals surface area contributed by atoms with Gasteiger partial charge in [0.25, 0.3) is 5.91 Å². The van der Waals surface area contributed by atoms with Gasteiger partial charge in [-0.25, -0.2) is 4.99 Å². The molecule has 0 aliphatic heterocycles. The van der Waals surface area contributed by atoms with E-state index in [1.165, 1.54) is 34.6 Å². The van der Waals surface area contributed by atoms with Crippen LogP contribution in [0, 0.1) is 10.1 Å². The van der Waals surface area contributed by atoms with Crippen molar-refractivity contribution >= 4 is 34.3 Å². The molecular weight excluding hydrogens is 390 g/mol. The van der Waals surface area contributed by atoms with E-state index in [1.807, 2.05) is 30.3 Å². The number of amides is 1. The molecule has 0 saturated heterocycles. The van der Waals surface area contributed by atoms with Crippen molar-refractivity contribution in [2.75, 3.05) is 0 Å². The lowest BCUT2D eigenvalue weighted by molar-refractivity contribution is -0.402. The Kier molecular flexibility index (Phi) is 5.53. The Labute approximate surface area is 171 Å². The first-order chi connectivity index (χ1) is 14.1. The summed E-state index contributed by atoms with van der Waals surface area (Å²) in [5, 5.41) is 14.4. The van der Waals surface area contributed by atoms with E-state index >= 15 is 0 Å². The molecule has 0 fully saturated rings. The molecule has 3 aromatic rings. The van der Waals surface area contributed by atoms with Gasteiger partial charge >= 0.3 is 5.88 Å². The molecule has 1 amide bonds. The minimum absolute atomic E-state index is 0.147. The number of nitro groups is 1. The molecule has 0 atom stereocenters. The van der Waals surface area contributed by atoms with Crippen LogP contribution < -0.4 is 5.32 Å². The van der Waals surface area contributed by atoms with E-state index in [4.69, 9.17) is 4.42 Å². The van der Waals surface area contributed by atoms with Gasteiger partial charge < -0.3 is 9.73 Å². The number of furan rings is 1. The monoisotopic (exact) mass is 409 g/mol.